The van der Waals surface area contributed by atoms with Crippen molar-refractivity contribution in [2.45, 2.75) is 25.3 Å². The Morgan fingerprint density at radius 3 is 2.72 bits per heavy atom. The number of nitrogens with one attached hydrogen (secondary N) is 1. The summed E-state index contributed by atoms with van der Waals surface area (Å²) in [4.78, 5) is 16.5. The predicted octanol–water partition coefficient (Wildman–Crippen LogP) is -0.303. The molecule has 0 spiro atoms. The van der Waals surface area contributed by atoms with Gasteiger partial charge in [-0.15, -0.1) is 10.2 Å². The fourth-order valence-corrected chi connectivity index (χ4v) is 2.88. The predicted molar refractivity (Wildman–Crippen MR) is 65.9 cm³/mol. The molecule has 2 fully saturated rings. The van der Waals surface area contributed by atoms with Gasteiger partial charge >= 0.3 is 0 Å². The van der Waals surface area contributed by atoms with Gasteiger partial charge in [-0.25, -0.2) is 0 Å². The number of nitrogen functional groups attached to an aromatic ring is 1. The lowest BCUT2D eigenvalue weighted by Crippen LogP contribution is -2.37. The van der Waals surface area contributed by atoms with Crippen molar-refractivity contribution >= 4 is 11.7 Å². The summed E-state index contributed by atoms with van der Waals surface area (Å²) in [7, 11) is 0. The molecule has 0 aromatic carbocycles. The molecule has 0 aliphatic carbocycles. The van der Waals surface area contributed by atoms with Crippen LogP contribution < -0.4 is 5.73 Å². The number of hydrogen-bond acceptors (Lipinski definition) is 5. The molecule has 1 unspecified atom stereocenters. The zero-order valence-electron chi connectivity index (χ0n) is 10.3. The third kappa shape index (κ3) is 1.94. The van der Waals surface area contributed by atoms with Gasteiger partial charge in [0, 0.05) is 19.1 Å². The lowest BCUT2D eigenvalue weighted by atomic mass is 10.2. The van der Waals surface area contributed by atoms with Gasteiger partial charge in [-0.1, -0.05) is 0 Å². The van der Waals surface area contributed by atoms with Crippen LogP contribution in [-0.4, -0.2) is 63.3 Å². The van der Waals surface area contributed by atoms with E-state index in [1.807, 2.05) is 4.90 Å². The van der Waals surface area contributed by atoms with Crippen molar-refractivity contribution in [3.8, 4) is 0 Å². The fraction of sp³-hybridized carbons (Fsp3) is 0.727. The molecule has 0 radical (unpaired) electrons. The molecule has 98 valence electrons. The SMILES string of the molecule is Nc1n[nH]nc1C(=O)N1CCC(N2CCCC2)C1. The summed E-state index contributed by atoms with van der Waals surface area (Å²) < 4.78 is 0. The van der Waals surface area contributed by atoms with E-state index < -0.39 is 0 Å². The van der Waals surface area contributed by atoms with E-state index >= 15 is 0 Å². The Labute approximate surface area is 105 Å². The van der Waals surface area contributed by atoms with Crippen LogP contribution in [0.4, 0.5) is 5.82 Å². The first-order valence-electron chi connectivity index (χ1n) is 6.45. The van der Waals surface area contributed by atoms with Crippen molar-refractivity contribution in [1.29, 1.82) is 0 Å². The number of nitrogens with zero attached hydrogens (tertiary/aromatic N) is 4. The Balaban J connectivity index is 1.65. The molecular weight excluding hydrogens is 232 g/mol. The summed E-state index contributed by atoms with van der Waals surface area (Å²) in [5, 5.41) is 9.89. The number of carbonyl (C=O) groups excluding carboxylic acids is 1. The van der Waals surface area contributed by atoms with Crippen molar-refractivity contribution in [3.05, 3.63) is 5.69 Å². The standard InChI is InChI=1S/C11H18N6O/c12-10-9(13-15-14-10)11(18)17-6-3-8(7-17)16-4-1-2-5-16/h8H,1-7H2,(H3,12,13,14,15). The minimum absolute atomic E-state index is 0.108. The van der Waals surface area contributed by atoms with Crippen LogP contribution in [0, 0.1) is 0 Å². The highest BCUT2D eigenvalue weighted by molar-refractivity contribution is 5.96. The summed E-state index contributed by atoms with van der Waals surface area (Å²) in [6.45, 7) is 3.90. The Morgan fingerprint density at radius 1 is 1.28 bits per heavy atom. The monoisotopic (exact) mass is 250 g/mol. The number of hydrogen-bond donors (Lipinski definition) is 2. The molecular formula is C11H18N6O. The van der Waals surface area contributed by atoms with Gasteiger partial charge in [0.1, 0.15) is 0 Å². The number of amides is 1. The summed E-state index contributed by atoms with van der Waals surface area (Å²) >= 11 is 0. The number of H-pyrrole nitrogens is 1. The largest absolute Gasteiger partial charge is 0.380 e. The first kappa shape index (κ1) is 11.5. The van der Waals surface area contributed by atoms with Crippen LogP contribution in [0.1, 0.15) is 29.8 Å². The van der Waals surface area contributed by atoms with Crippen molar-refractivity contribution in [2.75, 3.05) is 31.9 Å². The molecule has 1 atom stereocenters. The van der Waals surface area contributed by atoms with E-state index in [2.05, 4.69) is 20.3 Å². The van der Waals surface area contributed by atoms with E-state index in [9.17, 15) is 4.79 Å². The molecule has 18 heavy (non-hydrogen) atoms. The maximum Gasteiger partial charge on any atom is 0.278 e. The van der Waals surface area contributed by atoms with Gasteiger partial charge < -0.3 is 10.6 Å². The minimum atomic E-state index is -0.108. The van der Waals surface area contributed by atoms with E-state index in [-0.39, 0.29) is 17.4 Å². The number of rotatable bonds is 2. The number of aromatic amines is 1. The number of carbonyl (C=O) groups is 1. The Bertz CT molecular complexity index is 438. The van der Waals surface area contributed by atoms with Crippen LogP contribution >= 0.6 is 0 Å². The molecule has 0 bridgehead atoms. The topological polar surface area (TPSA) is 91.1 Å². The maximum atomic E-state index is 12.2. The minimum Gasteiger partial charge on any atom is -0.380 e. The molecule has 7 nitrogen and oxygen atoms in total. The molecule has 2 saturated heterocycles. The Hall–Kier alpha value is -1.63. The van der Waals surface area contributed by atoms with Crippen LogP contribution in [0.3, 0.4) is 0 Å². The summed E-state index contributed by atoms with van der Waals surface area (Å²) in [5.74, 6) is 0.0765. The lowest BCUT2D eigenvalue weighted by Gasteiger charge is -2.23. The van der Waals surface area contributed by atoms with E-state index in [0.717, 1.165) is 19.5 Å². The van der Waals surface area contributed by atoms with Crippen LogP contribution in [0.25, 0.3) is 0 Å². The number of anilines is 1. The van der Waals surface area contributed by atoms with E-state index in [1.165, 1.54) is 25.9 Å². The van der Waals surface area contributed by atoms with Gasteiger partial charge in [0.15, 0.2) is 11.5 Å². The van der Waals surface area contributed by atoms with Crippen LogP contribution in [0.5, 0.6) is 0 Å². The first-order valence-corrected chi connectivity index (χ1v) is 6.45. The first-order chi connectivity index (χ1) is 8.75. The van der Waals surface area contributed by atoms with Crippen molar-refractivity contribution in [1.82, 2.24) is 25.2 Å². The number of nitrogens with two attached hydrogens (primary N) is 1. The van der Waals surface area contributed by atoms with Crippen molar-refractivity contribution in [2.24, 2.45) is 0 Å². The van der Waals surface area contributed by atoms with Crippen molar-refractivity contribution < 1.29 is 4.79 Å². The smallest absolute Gasteiger partial charge is 0.278 e. The third-order valence-electron chi connectivity index (χ3n) is 3.89. The normalized spacial score (nSPS) is 24.9. The lowest BCUT2D eigenvalue weighted by molar-refractivity contribution is 0.0775. The third-order valence-corrected chi connectivity index (χ3v) is 3.89. The molecule has 3 heterocycles. The number of aromatic nitrogens is 3. The van der Waals surface area contributed by atoms with Gasteiger partial charge in [0.25, 0.3) is 5.91 Å². The van der Waals surface area contributed by atoms with Gasteiger partial charge in [-0.05, 0) is 32.4 Å². The van der Waals surface area contributed by atoms with Gasteiger partial charge in [-0.2, -0.15) is 5.21 Å². The van der Waals surface area contributed by atoms with Crippen LogP contribution in [0.2, 0.25) is 0 Å². The van der Waals surface area contributed by atoms with Gasteiger partial charge in [0.05, 0.1) is 0 Å². The summed E-state index contributed by atoms with van der Waals surface area (Å²) in [6.07, 6.45) is 3.60. The highest BCUT2D eigenvalue weighted by Crippen LogP contribution is 2.22. The van der Waals surface area contributed by atoms with Crippen LogP contribution in [0.15, 0.2) is 0 Å². The zero-order chi connectivity index (χ0) is 12.5. The van der Waals surface area contributed by atoms with E-state index in [1.54, 1.807) is 0 Å². The molecule has 2 aliphatic heterocycles. The average molecular weight is 250 g/mol. The molecule has 1 aromatic rings. The fourth-order valence-electron chi connectivity index (χ4n) is 2.88. The van der Waals surface area contributed by atoms with Crippen LogP contribution in [-0.2, 0) is 0 Å². The number of likely N-dealkylation sites (tertiary alicyclic amines) is 2. The highest BCUT2D eigenvalue weighted by Gasteiger charge is 2.33. The van der Waals surface area contributed by atoms with Gasteiger partial charge in [0.2, 0.25) is 0 Å². The quantitative estimate of drug-likeness (QED) is 0.751. The Morgan fingerprint density at radius 2 is 2.06 bits per heavy atom. The Kier molecular flexibility index (Phi) is 2.91. The maximum absolute atomic E-state index is 12.2. The molecule has 2 aliphatic rings. The zero-order valence-corrected chi connectivity index (χ0v) is 10.3. The molecule has 1 amide bonds. The second kappa shape index (κ2) is 4.56. The summed E-state index contributed by atoms with van der Waals surface area (Å²) in [6, 6.07) is 0.504. The molecule has 7 heteroatoms. The molecule has 0 saturated carbocycles. The van der Waals surface area contributed by atoms with Crippen molar-refractivity contribution in [3.63, 3.8) is 0 Å². The van der Waals surface area contributed by atoms with E-state index in [0.29, 0.717) is 6.04 Å². The van der Waals surface area contributed by atoms with Gasteiger partial charge in [-0.3, -0.25) is 9.69 Å². The second-order valence-electron chi connectivity index (χ2n) is 4.99. The molecule has 3 N–H and O–H groups in total. The molecule has 3 rings (SSSR count). The average Bonchev–Trinajstić information content (AvgIpc) is 3.09. The van der Waals surface area contributed by atoms with E-state index in [4.69, 9.17) is 5.73 Å². The molecule has 1 aromatic heterocycles. The second-order valence-corrected chi connectivity index (χ2v) is 4.99. The highest BCUT2D eigenvalue weighted by atomic mass is 16.2. The summed E-state index contributed by atoms with van der Waals surface area (Å²) in [5.41, 5.74) is 5.85.